The smallest absolute Gasteiger partial charge is 0.261 e. The van der Waals surface area contributed by atoms with Crippen LogP contribution >= 0.6 is 0 Å². The molecule has 0 radical (unpaired) electrons. The summed E-state index contributed by atoms with van der Waals surface area (Å²) in [5.41, 5.74) is 0. The van der Waals surface area contributed by atoms with Crippen LogP contribution in [0.2, 0.25) is 0 Å². The van der Waals surface area contributed by atoms with Gasteiger partial charge in [0.05, 0.1) is 6.26 Å². The van der Waals surface area contributed by atoms with Gasteiger partial charge in [0.25, 0.3) is 10.1 Å². The molecule has 1 unspecified atom stereocenters. The van der Waals surface area contributed by atoms with E-state index in [1.165, 1.54) is 77.4 Å². The molecule has 1 fully saturated rings. The lowest BCUT2D eigenvalue weighted by Gasteiger charge is -2.15. The van der Waals surface area contributed by atoms with Gasteiger partial charge in [0.2, 0.25) is 0 Å². The molecule has 1 N–H and O–H groups in total. The number of hydrogen-bond donors (Lipinski definition) is 1. The second kappa shape index (κ2) is 12.4. The minimum Gasteiger partial charge on any atom is -0.303 e. The van der Waals surface area contributed by atoms with Crippen LogP contribution in [0.4, 0.5) is 0 Å². The van der Waals surface area contributed by atoms with Gasteiger partial charge >= 0.3 is 0 Å². The van der Waals surface area contributed by atoms with Crippen molar-refractivity contribution in [1.82, 2.24) is 4.90 Å². The maximum Gasteiger partial charge on any atom is 0.261 e. The minimum atomic E-state index is -3.67. The summed E-state index contributed by atoms with van der Waals surface area (Å²) in [5, 5.41) is 0. The predicted molar refractivity (Wildman–Crippen MR) is 90.3 cm³/mol. The molecule has 0 aromatic carbocycles. The summed E-state index contributed by atoms with van der Waals surface area (Å²) in [5.74, 6) is 1.00. The summed E-state index contributed by atoms with van der Waals surface area (Å²) in [4.78, 5) is 2.68. The summed E-state index contributed by atoms with van der Waals surface area (Å²) < 4.78 is 25.9. The Hall–Kier alpha value is -0.130. The van der Waals surface area contributed by atoms with Crippen LogP contribution in [0.15, 0.2) is 0 Å². The average Bonchev–Trinajstić information content (AvgIpc) is 2.84. The van der Waals surface area contributed by atoms with E-state index in [1.807, 2.05) is 0 Å². The van der Waals surface area contributed by atoms with Gasteiger partial charge < -0.3 is 4.90 Å². The maximum absolute atomic E-state index is 9.19. The third-order valence-electron chi connectivity index (χ3n) is 4.03. The molecule has 0 saturated carbocycles. The zero-order valence-corrected chi connectivity index (χ0v) is 15.0. The van der Waals surface area contributed by atoms with E-state index in [4.69, 9.17) is 4.55 Å². The van der Waals surface area contributed by atoms with E-state index >= 15 is 0 Å². The molecule has 128 valence electrons. The van der Waals surface area contributed by atoms with Crippen molar-refractivity contribution >= 4 is 10.1 Å². The van der Waals surface area contributed by atoms with Gasteiger partial charge in [0.15, 0.2) is 0 Å². The highest BCUT2D eigenvalue weighted by Gasteiger charge is 2.19. The zero-order valence-electron chi connectivity index (χ0n) is 14.2. The van der Waals surface area contributed by atoms with Crippen molar-refractivity contribution in [2.45, 2.75) is 71.6 Å². The molecule has 1 rings (SSSR count). The molecule has 1 atom stereocenters. The molecule has 0 aromatic heterocycles. The number of unbranched alkanes of at least 4 members (excludes halogenated alkanes) is 6. The van der Waals surface area contributed by atoms with Crippen LogP contribution in [-0.2, 0) is 10.1 Å². The summed E-state index contributed by atoms with van der Waals surface area (Å²) in [6, 6.07) is 0. The first kappa shape index (κ1) is 20.9. The summed E-state index contributed by atoms with van der Waals surface area (Å²) in [6.45, 7) is 8.74. The molecular formula is C16H35NO3S. The van der Waals surface area contributed by atoms with Gasteiger partial charge in [-0.15, -0.1) is 0 Å². The van der Waals surface area contributed by atoms with Crippen LogP contribution in [-0.4, -0.2) is 43.8 Å². The molecule has 21 heavy (non-hydrogen) atoms. The quantitative estimate of drug-likeness (QED) is 0.515. The van der Waals surface area contributed by atoms with Gasteiger partial charge in [-0.2, -0.15) is 8.42 Å². The molecule has 0 amide bonds. The van der Waals surface area contributed by atoms with Gasteiger partial charge in [0.1, 0.15) is 0 Å². The van der Waals surface area contributed by atoms with Crippen LogP contribution < -0.4 is 0 Å². The first-order chi connectivity index (χ1) is 9.86. The van der Waals surface area contributed by atoms with Crippen molar-refractivity contribution in [3.8, 4) is 0 Å². The van der Waals surface area contributed by atoms with E-state index < -0.39 is 10.1 Å². The fraction of sp³-hybridized carbons (Fsp3) is 1.00. The Morgan fingerprint density at radius 1 is 1.05 bits per heavy atom. The molecule has 1 heterocycles. The molecule has 0 aromatic rings. The molecule has 4 nitrogen and oxygen atoms in total. The van der Waals surface area contributed by atoms with Crippen LogP contribution in [0.5, 0.6) is 0 Å². The van der Waals surface area contributed by atoms with Gasteiger partial charge in [0, 0.05) is 6.54 Å². The lowest BCUT2D eigenvalue weighted by atomic mass is 10.1. The zero-order chi connectivity index (χ0) is 16.1. The van der Waals surface area contributed by atoms with E-state index in [0.29, 0.717) is 6.26 Å². The van der Waals surface area contributed by atoms with Crippen LogP contribution in [0.1, 0.15) is 71.6 Å². The van der Waals surface area contributed by atoms with E-state index in [2.05, 4.69) is 18.7 Å². The Balaban J connectivity index is 0.000000690. The molecule has 1 aliphatic heterocycles. The Labute approximate surface area is 132 Å². The van der Waals surface area contributed by atoms with E-state index in [0.717, 1.165) is 5.92 Å². The first-order valence-electron chi connectivity index (χ1n) is 8.51. The van der Waals surface area contributed by atoms with Crippen molar-refractivity contribution in [1.29, 1.82) is 0 Å². The molecule has 5 heteroatoms. The molecular weight excluding hydrogens is 286 g/mol. The maximum atomic E-state index is 9.19. The fourth-order valence-corrected chi connectivity index (χ4v) is 2.74. The van der Waals surface area contributed by atoms with Crippen molar-refractivity contribution < 1.29 is 13.0 Å². The van der Waals surface area contributed by atoms with Gasteiger partial charge in [-0.3, -0.25) is 4.55 Å². The molecule has 0 bridgehead atoms. The average molecular weight is 322 g/mol. The van der Waals surface area contributed by atoms with Crippen LogP contribution in [0.25, 0.3) is 0 Å². The van der Waals surface area contributed by atoms with E-state index in [1.54, 1.807) is 0 Å². The third-order valence-corrected chi connectivity index (χ3v) is 4.03. The molecule has 1 saturated heterocycles. The van der Waals surface area contributed by atoms with Crippen molar-refractivity contribution in [3.63, 3.8) is 0 Å². The van der Waals surface area contributed by atoms with Crippen molar-refractivity contribution in [2.24, 2.45) is 5.92 Å². The van der Waals surface area contributed by atoms with Crippen LogP contribution in [0.3, 0.4) is 0 Å². The minimum absolute atomic E-state index is 0.715. The summed E-state index contributed by atoms with van der Waals surface area (Å²) >= 11 is 0. The second-order valence-corrected chi connectivity index (χ2v) is 7.68. The highest BCUT2D eigenvalue weighted by atomic mass is 32.2. The van der Waals surface area contributed by atoms with Gasteiger partial charge in [-0.05, 0) is 31.8 Å². The van der Waals surface area contributed by atoms with E-state index in [9.17, 15) is 8.42 Å². The highest BCUT2D eigenvalue weighted by Crippen LogP contribution is 2.19. The number of rotatable bonds is 9. The predicted octanol–water partition coefficient (Wildman–Crippen LogP) is 3.97. The fourth-order valence-electron chi connectivity index (χ4n) is 2.74. The standard InChI is InChI=1S/C15H31N.CH4O3S/c1-3-5-6-7-8-9-10-12-16-13-11-15(4-2)14-16;1-5(2,3)4/h15H,3-14H2,1-2H3;1H3,(H,2,3,4). The lowest BCUT2D eigenvalue weighted by molar-refractivity contribution is 0.313. The largest absolute Gasteiger partial charge is 0.303 e. The Bertz CT molecular complexity index is 322. The topological polar surface area (TPSA) is 57.6 Å². The summed E-state index contributed by atoms with van der Waals surface area (Å²) in [6.07, 6.45) is 13.6. The Morgan fingerprint density at radius 3 is 2.05 bits per heavy atom. The lowest BCUT2D eigenvalue weighted by Crippen LogP contribution is -2.21. The molecule has 0 aliphatic carbocycles. The SMILES string of the molecule is CCCCCCCCCN1CCC(CC)C1.CS(=O)(=O)O. The van der Waals surface area contributed by atoms with Gasteiger partial charge in [-0.25, -0.2) is 0 Å². The van der Waals surface area contributed by atoms with Crippen molar-refractivity contribution in [3.05, 3.63) is 0 Å². The Morgan fingerprint density at radius 2 is 1.57 bits per heavy atom. The van der Waals surface area contributed by atoms with E-state index in [-0.39, 0.29) is 0 Å². The number of likely N-dealkylation sites (tertiary alicyclic amines) is 1. The van der Waals surface area contributed by atoms with Crippen LogP contribution in [0, 0.1) is 5.92 Å². The van der Waals surface area contributed by atoms with Gasteiger partial charge in [-0.1, -0.05) is 58.8 Å². The first-order valence-corrected chi connectivity index (χ1v) is 10.4. The molecule has 0 spiro atoms. The Kier molecular flexibility index (Phi) is 12.3. The highest BCUT2D eigenvalue weighted by molar-refractivity contribution is 7.85. The molecule has 1 aliphatic rings. The second-order valence-electron chi connectivity index (χ2n) is 6.22. The number of nitrogens with zero attached hydrogens (tertiary/aromatic N) is 1. The van der Waals surface area contributed by atoms with Crippen molar-refractivity contribution in [2.75, 3.05) is 25.9 Å². The monoisotopic (exact) mass is 321 g/mol. The normalized spacial score (nSPS) is 19.3. The third kappa shape index (κ3) is 16.1. The number of hydrogen-bond acceptors (Lipinski definition) is 3. The summed E-state index contributed by atoms with van der Waals surface area (Å²) in [7, 11) is -3.67.